The fourth-order valence-electron chi connectivity index (χ4n) is 4.29. The number of hydrogen-bond acceptors (Lipinski definition) is 1. The van der Waals surface area contributed by atoms with Crippen molar-refractivity contribution < 1.29 is 9.90 Å². The molecule has 0 fully saturated rings. The summed E-state index contributed by atoms with van der Waals surface area (Å²) in [5.74, 6) is -0.385. The van der Waals surface area contributed by atoms with Crippen LogP contribution in [0.25, 0.3) is 0 Å². The maximum atomic E-state index is 11.4. The topological polar surface area (TPSA) is 37.3 Å². The minimum absolute atomic E-state index is 0.128. The Morgan fingerprint density at radius 3 is 1.29 bits per heavy atom. The van der Waals surface area contributed by atoms with Crippen molar-refractivity contribution >= 4 is 5.97 Å². The zero-order valence-corrected chi connectivity index (χ0v) is 19.7. The van der Waals surface area contributed by atoms with E-state index in [4.69, 9.17) is 0 Å². The van der Waals surface area contributed by atoms with Crippen LogP contribution < -0.4 is 0 Å². The van der Waals surface area contributed by atoms with Crippen molar-refractivity contribution in [3.63, 3.8) is 0 Å². The zero-order valence-electron chi connectivity index (χ0n) is 19.7. The van der Waals surface area contributed by atoms with Crippen molar-refractivity contribution in [1.29, 1.82) is 0 Å². The van der Waals surface area contributed by atoms with E-state index in [1.54, 1.807) is 0 Å². The molecule has 0 bridgehead atoms. The maximum Gasteiger partial charge on any atom is 0.306 e. The van der Waals surface area contributed by atoms with E-state index in [9.17, 15) is 9.90 Å². The molecular formula is C26H52O2. The van der Waals surface area contributed by atoms with Gasteiger partial charge in [-0.2, -0.15) is 0 Å². The van der Waals surface area contributed by atoms with Gasteiger partial charge in [0, 0.05) is 0 Å². The molecule has 1 N–H and O–H groups in total. The Balaban J connectivity index is 3.35. The molecule has 0 aromatic carbocycles. The Bertz CT molecular complexity index is 326. The third-order valence-electron chi connectivity index (χ3n) is 6.39. The van der Waals surface area contributed by atoms with E-state index in [0.29, 0.717) is 5.92 Å². The normalized spacial score (nSPS) is 13.5. The second-order valence-electron chi connectivity index (χ2n) is 9.16. The minimum atomic E-state index is -0.586. The first kappa shape index (κ1) is 27.5. The molecule has 0 spiro atoms. The summed E-state index contributed by atoms with van der Waals surface area (Å²) in [6, 6.07) is 0. The lowest BCUT2D eigenvalue weighted by atomic mass is 9.85. The van der Waals surface area contributed by atoms with Crippen LogP contribution in [-0.4, -0.2) is 11.1 Å². The predicted molar refractivity (Wildman–Crippen MR) is 124 cm³/mol. The summed E-state index contributed by atoms with van der Waals surface area (Å²) in [4.78, 5) is 11.4. The molecule has 0 saturated carbocycles. The molecule has 0 heterocycles. The Labute approximate surface area is 177 Å². The highest BCUT2D eigenvalue weighted by atomic mass is 16.4. The summed E-state index contributed by atoms with van der Waals surface area (Å²) < 4.78 is 0. The third kappa shape index (κ3) is 17.6. The Kier molecular flexibility index (Phi) is 20.8. The van der Waals surface area contributed by atoms with Crippen molar-refractivity contribution in [2.75, 3.05) is 0 Å². The van der Waals surface area contributed by atoms with Gasteiger partial charge in [-0.15, -0.1) is 0 Å². The van der Waals surface area contributed by atoms with E-state index in [0.717, 1.165) is 25.7 Å². The van der Waals surface area contributed by atoms with E-state index < -0.39 is 5.97 Å². The highest BCUT2D eigenvalue weighted by Crippen LogP contribution is 2.24. The predicted octanol–water partition coefficient (Wildman–Crippen LogP) is 9.17. The van der Waals surface area contributed by atoms with Gasteiger partial charge in [0.15, 0.2) is 0 Å². The smallest absolute Gasteiger partial charge is 0.306 e. The van der Waals surface area contributed by atoms with Crippen molar-refractivity contribution in [2.45, 2.75) is 149 Å². The summed E-state index contributed by atoms with van der Waals surface area (Å²) in [7, 11) is 0. The molecule has 2 heteroatoms. The summed E-state index contributed by atoms with van der Waals surface area (Å²) in [6.45, 7) is 6.56. The van der Waals surface area contributed by atoms with Gasteiger partial charge in [0.25, 0.3) is 0 Å². The fraction of sp³-hybridized carbons (Fsp3) is 0.962. The number of hydrogen-bond donors (Lipinski definition) is 1. The van der Waals surface area contributed by atoms with Crippen molar-refractivity contribution in [1.82, 2.24) is 0 Å². The second kappa shape index (κ2) is 21.2. The van der Waals surface area contributed by atoms with Crippen LogP contribution in [0.5, 0.6) is 0 Å². The molecule has 28 heavy (non-hydrogen) atoms. The molecule has 0 saturated heterocycles. The number of rotatable bonds is 22. The van der Waals surface area contributed by atoms with Crippen molar-refractivity contribution in [3.8, 4) is 0 Å². The van der Waals surface area contributed by atoms with Gasteiger partial charge in [0.2, 0.25) is 0 Å². The molecule has 0 radical (unpaired) electrons. The van der Waals surface area contributed by atoms with Crippen LogP contribution in [-0.2, 0) is 4.79 Å². The standard InChI is InChI=1S/C26H52O2/c1-4-6-8-9-10-11-12-13-14-15-16-17-18-19-20-21-22-24(3)25(26(27)28)23-7-5-2/h24-25H,4-23H2,1-3H3,(H,27,28). The first-order valence-electron chi connectivity index (χ1n) is 12.9. The molecule has 0 aromatic heterocycles. The van der Waals surface area contributed by atoms with Crippen LogP contribution in [0, 0.1) is 11.8 Å². The number of carbonyl (C=O) groups is 1. The molecule has 168 valence electrons. The van der Waals surface area contributed by atoms with Gasteiger partial charge >= 0.3 is 5.97 Å². The number of carboxylic acid groups (broad SMARTS) is 1. The highest BCUT2D eigenvalue weighted by molar-refractivity contribution is 5.70. The van der Waals surface area contributed by atoms with Gasteiger partial charge < -0.3 is 5.11 Å². The van der Waals surface area contributed by atoms with Crippen LogP contribution in [0.4, 0.5) is 0 Å². The monoisotopic (exact) mass is 396 g/mol. The molecule has 0 aliphatic rings. The van der Waals surface area contributed by atoms with Crippen LogP contribution in [0.2, 0.25) is 0 Å². The van der Waals surface area contributed by atoms with Crippen molar-refractivity contribution in [3.05, 3.63) is 0 Å². The van der Waals surface area contributed by atoms with Gasteiger partial charge in [-0.1, -0.05) is 136 Å². The molecule has 0 amide bonds. The average molecular weight is 397 g/mol. The first-order chi connectivity index (χ1) is 13.6. The summed E-state index contributed by atoms with van der Waals surface area (Å²) in [6.07, 6.45) is 26.3. The summed E-state index contributed by atoms with van der Waals surface area (Å²) in [5.41, 5.74) is 0. The third-order valence-corrected chi connectivity index (χ3v) is 6.39. The lowest BCUT2D eigenvalue weighted by molar-refractivity contribution is -0.143. The number of carboxylic acids is 1. The van der Waals surface area contributed by atoms with Gasteiger partial charge in [-0.25, -0.2) is 0 Å². The van der Waals surface area contributed by atoms with Crippen LogP contribution in [0.15, 0.2) is 0 Å². The van der Waals surface area contributed by atoms with Crippen molar-refractivity contribution in [2.24, 2.45) is 11.8 Å². The first-order valence-corrected chi connectivity index (χ1v) is 12.9. The average Bonchev–Trinajstić information content (AvgIpc) is 2.67. The quantitative estimate of drug-likeness (QED) is 0.185. The molecule has 0 aliphatic heterocycles. The number of aliphatic carboxylic acids is 1. The Hall–Kier alpha value is -0.530. The minimum Gasteiger partial charge on any atom is -0.481 e. The molecule has 2 atom stereocenters. The van der Waals surface area contributed by atoms with E-state index in [2.05, 4.69) is 20.8 Å². The summed E-state index contributed by atoms with van der Waals surface area (Å²) >= 11 is 0. The second-order valence-corrected chi connectivity index (χ2v) is 9.16. The maximum absolute atomic E-state index is 11.4. The van der Waals surface area contributed by atoms with Crippen LogP contribution in [0.1, 0.15) is 149 Å². The molecule has 2 unspecified atom stereocenters. The molecule has 2 nitrogen and oxygen atoms in total. The van der Waals surface area contributed by atoms with E-state index in [1.807, 2.05) is 0 Å². The molecular weight excluding hydrogens is 344 g/mol. The lowest BCUT2D eigenvalue weighted by Gasteiger charge is -2.19. The van der Waals surface area contributed by atoms with Gasteiger partial charge in [-0.05, 0) is 18.8 Å². The fourth-order valence-corrected chi connectivity index (χ4v) is 4.29. The van der Waals surface area contributed by atoms with E-state index >= 15 is 0 Å². The Morgan fingerprint density at radius 1 is 0.571 bits per heavy atom. The molecule has 0 rings (SSSR count). The van der Waals surface area contributed by atoms with E-state index in [1.165, 1.54) is 103 Å². The van der Waals surface area contributed by atoms with Crippen LogP contribution >= 0.6 is 0 Å². The largest absolute Gasteiger partial charge is 0.481 e. The van der Waals surface area contributed by atoms with Crippen LogP contribution in [0.3, 0.4) is 0 Å². The van der Waals surface area contributed by atoms with Gasteiger partial charge in [0.05, 0.1) is 5.92 Å². The molecule has 0 aliphatic carbocycles. The summed E-state index contributed by atoms with van der Waals surface area (Å²) in [5, 5.41) is 9.41. The van der Waals surface area contributed by atoms with E-state index in [-0.39, 0.29) is 5.92 Å². The number of unbranched alkanes of at least 4 members (excludes halogenated alkanes) is 16. The SMILES string of the molecule is CCCCCCCCCCCCCCCCCCC(C)C(CCCC)C(=O)O. The highest BCUT2D eigenvalue weighted by Gasteiger charge is 2.23. The van der Waals surface area contributed by atoms with Gasteiger partial charge in [-0.3, -0.25) is 4.79 Å². The van der Waals surface area contributed by atoms with Gasteiger partial charge in [0.1, 0.15) is 0 Å². The Morgan fingerprint density at radius 2 is 0.929 bits per heavy atom. The lowest BCUT2D eigenvalue weighted by Crippen LogP contribution is -2.21. The molecule has 0 aromatic rings. The zero-order chi connectivity index (χ0) is 20.9.